The van der Waals surface area contributed by atoms with E-state index in [9.17, 15) is 0 Å². The third-order valence-electron chi connectivity index (χ3n) is 4.82. The molecule has 0 radical (unpaired) electrons. The first kappa shape index (κ1) is 13.0. The molecule has 1 aromatic carbocycles. The number of ether oxygens (including phenoxy) is 1. The van der Waals surface area contributed by atoms with Gasteiger partial charge in [-0.2, -0.15) is 0 Å². The summed E-state index contributed by atoms with van der Waals surface area (Å²) in [6.45, 7) is 2.27. The molecule has 0 aromatic heterocycles. The molecule has 1 saturated heterocycles. The first-order valence-electron chi connectivity index (χ1n) is 7.77. The lowest BCUT2D eigenvalue weighted by Crippen LogP contribution is -2.28. The van der Waals surface area contributed by atoms with Crippen molar-refractivity contribution in [1.29, 1.82) is 0 Å². The third-order valence-corrected chi connectivity index (χ3v) is 4.82. The van der Waals surface area contributed by atoms with Gasteiger partial charge in [0, 0.05) is 12.5 Å². The molecule has 1 saturated carbocycles. The maximum atomic E-state index is 5.59. The summed E-state index contributed by atoms with van der Waals surface area (Å²) in [6, 6.07) is 6.92. The quantitative estimate of drug-likeness (QED) is 0.891. The minimum absolute atomic E-state index is 0.630. The van der Waals surface area contributed by atoms with Crippen molar-refractivity contribution in [1.82, 2.24) is 5.32 Å². The minimum Gasteiger partial charge on any atom is -0.496 e. The predicted octanol–water partition coefficient (Wildman–Crippen LogP) is 3.82. The second-order valence-electron chi connectivity index (χ2n) is 6.03. The molecule has 0 amide bonds. The average molecular weight is 259 g/mol. The number of benzene rings is 1. The van der Waals surface area contributed by atoms with Crippen LogP contribution in [-0.4, -0.2) is 20.2 Å². The van der Waals surface area contributed by atoms with Crippen LogP contribution in [0.25, 0.3) is 0 Å². The van der Waals surface area contributed by atoms with Crippen LogP contribution in [0, 0.1) is 0 Å². The van der Waals surface area contributed by atoms with Crippen molar-refractivity contribution in [2.45, 2.75) is 50.4 Å². The first-order valence-corrected chi connectivity index (χ1v) is 7.77. The van der Waals surface area contributed by atoms with Crippen molar-refractivity contribution in [2.75, 3.05) is 20.2 Å². The van der Waals surface area contributed by atoms with Crippen LogP contribution in [-0.2, 0) is 0 Å². The highest BCUT2D eigenvalue weighted by Gasteiger charge is 2.22. The van der Waals surface area contributed by atoms with Gasteiger partial charge in [0.05, 0.1) is 7.11 Å². The van der Waals surface area contributed by atoms with Crippen molar-refractivity contribution < 1.29 is 4.74 Å². The lowest BCUT2D eigenvalue weighted by atomic mass is 9.87. The predicted molar refractivity (Wildman–Crippen MR) is 79.0 cm³/mol. The van der Waals surface area contributed by atoms with E-state index in [1.807, 2.05) is 0 Å². The molecule has 1 aromatic rings. The largest absolute Gasteiger partial charge is 0.496 e. The number of hydrogen-bond donors (Lipinski definition) is 1. The summed E-state index contributed by atoms with van der Waals surface area (Å²) in [4.78, 5) is 0. The maximum Gasteiger partial charge on any atom is 0.122 e. The van der Waals surface area contributed by atoms with Crippen LogP contribution in [0.2, 0.25) is 0 Å². The maximum absolute atomic E-state index is 5.59. The normalized spacial score (nSPS) is 24.6. The Hall–Kier alpha value is -1.02. The van der Waals surface area contributed by atoms with E-state index < -0.39 is 0 Å². The molecule has 1 N–H and O–H groups in total. The van der Waals surface area contributed by atoms with E-state index in [-0.39, 0.29) is 0 Å². The standard InChI is InChI=1S/C17H25NO/c1-19-17-9-8-14(13-5-2-3-6-13)11-16(17)15-7-4-10-18-12-15/h8-9,11,13,15,18H,2-7,10,12H2,1H3. The molecule has 1 aliphatic heterocycles. The fourth-order valence-corrected chi connectivity index (χ4v) is 3.70. The molecule has 2 fully saturated rings. The number of hydrogen-bond acceptors (Lipinski definition) is 2. The lowest BCUT2D eigenvalue weighted by molar-refractivity contribution is 0.392. The van der Waals surface area contributed by atoms with E-state index in [0.717, 1.165) is 18.2 Å². The van der Waals surface area contributed by atoms with E-state index >= 15 is 0 Å². The summed E-state index contributed by atoms with van der Waals surface area (Å²) >= 11 is 0. The zero-order chi connectivity index (χ0) is 13.1. The summed E-state index contributed by atoms with van der Waals surface area (Å²) in [5, 5.41) is 3.52. The van der Waals surface area contributed by atoms with Gasteiger partial charge in [0.2, 0.25) is 0 Å². The van der Waals surface area contributed by atoms with Crippen LogP contribution in [0.4, 0.5) is 0 Å². The summed E-state index contributed by atoms with van der Waals surface area (Å²) in [6.07, 6.45) is 8.11. The van der Waals surface area contributed by atoms with E-state index in [2.05, 4.69) is 23.5 Å². The molecule has 1 aliphatic carbocycles. The Morgan fingerprint density at radius 1 is 1.05 bits per heavy atom. The fraction of sp³-hybridized carbons (Fsp3) is 0.647. The van der Waals surface area contributed by atoms with Crippen molar-refractivity contribution in [3.8, 4) is 5.75 Å². The highest BCUT2D eigenvalue weighted by atomic mass is 16.5. The van der Waals surface area contributed by atoms with Gasteiger partial charge in [-0.3, -0.25) is 0 Å². The highest BCUT2D eigenvalue weighted by molar-refractivity contribution is 5.41. The smallest absolute Gasteiger partial charge is 0.122 e. The molecule has 1 unspecified atom stereocenters. The lowest BCUT2D eigenvalue weighted by Gasteiger charge is -2.26. The van der Waals surface area contributed by atoms with Crippen LogP contribution in [0.5, 0.6) is 5.75 Å². The van der Waals surface area contributed by atoms with Crippen molar-refractivity contribution in [2.24, 2.45) is 0 Å². The second-order valence-corrected chi connectivity index (χ2v) is 6.03. The monoisotopic (exact) mass is 259 g/mol. The molecule has 0 bridgehead atoms. The Labute approximate surface area is 116 Å². The number of rotatable bonds is 3. The van der Waals surface area contributed by atoms with Gasteiger partial charge >= 0.3 is 0 Å². The van der Waals surface area contributed by atoms with E-state index in [4.69, 9.17) is 4.74 Å². The Morgan fingerprint density at radius 2 is 1.84 bits per heavy atom. The summed E-state index contributed by atoms with van der Waals surface area (Å²) in [7, 11) is 1.80. The van der Waals surface area contributed by atoms with E-state index in [0.29, 0.717) is 5.92 Å². The molecular formula is C17H25NO. The van der Waals surface area contributed by atoms with Crippen molar-refractivity contribution in [3.05, 3.63) is 29.3 Å². The topological polar surface area (TPSA) is 21.3 Å². The molecule has 2 aliphatic rings. The third kappa shape index (κ3) is 2.79. The van der Waals surface area contributed by atoms with Gasteiger partial charge in [0.25, 0.3) is 0 Å². The highest BCUT2D eigenvalue weighted by Crippen LogP contribution is 2.38. The van der Waals surface area contributed by atoms with Crippen LogP contribution < -0.4 is 10.1 Å². The molecule has 19 heavy (non-hydrogen) atoms. The Balaban J connectivity index is 1.87. The molecule has 3 rings (SSSR count). The van der Waals surface area contributed by atoms with Gasteiger partial charge in [-0.1, -0.05) is 25.0 Å². The molecule has 0 spiro atoms. The molecule has 2 heteroatoms. The zero-order valence-corrected chi connectivity index (χ0v) is 12.0. The van der Waals surface area contributed by atoms with E-state index in [1.165, 1.54) is 50.6 Å². The number of nitrogens with one attached hydrogen (secondary N) is 1. The van der Waals surface area contributed by atoms with Crippen molar-refractivity contribution in [3.63, 3.8) is 0 Å². The Morgan fingerprint density at radius 3 is 2.53 bits per heavy atom. The molecule has 2 nitrogen and oxygen atoms in total. The van der Waals surface area contributed by atoms with Crippen LogP contribution in [0.3, 0.4) is 0 Å². The van der Waals surface area contributed by atoms with Gasteiger partial charge in [-0.15, -0.1) is 0 Å². The van der Waals surface area contributed by atoms with Gasteiger partial charge in [0.1, 0.15) is 5.75 Å². The summed E-state index contributed by atoms with van der Waals surface area (Å²) in [5.41, 5.74) is 2.97. The zero-order valence-electron chi connectivity index (χ0n) is 12.0. The van der Waals surface area contributed by atoms with Gasteiger partial charge in [0.15, 0.2) is 0 Å². The number of piperidine rings is 1. The van der Waals surface area contributed by atoms with Crippen LogP contribution in [0.1, 0.15) is 61.5 Å². The minimum atomic E-state index is 0.630. The Kier molecular flexibility index (Phi) is 4.07. The van der Waals surface area contributed by atoms with Gasteiger partial charge < -0.3 is 10.1 Å². The second kappa shape index (κ2) is 5.96. The van der Waals surface area contributed by atoms with E-state index in [1.54, 1.807) is 12.7 Å². The summed E-state index contributed by atoms with van der Waals surface area (Å²) < 4.78 is 5.59. The summed E-state index contributed by atoms with van der Waals surface area (Å²) in [5.74, 6) is 2.50. The fourth-order valence-electron chi connectivity index (χ4n) is 3.70. The van der Waals surface area contributed by atoms with Gasteiger partial charge in [-0.25, -0.2) is 0 Å². The van der Waals surface area contributed by atoms with Gasteiger partial charge in [-0.05, 0) is 55.3 Å². The van der Waals surface area contributed by atoms with Crippen LogP contribution >= 0.6 is 0 Å². The number of methoxy groups -OCH3 is 1. The van der Waals surface area contributed by atoms with Crippen molar-refractivity contribution >= 4 is 0 Å². The molecular weight excluding hydrogens is 234 g/mol. The SMILES string of the molecule is COc1ccc(C2CCCC2)cc1C1CCCNC1. The molecule has 1 atom stereocenters. The Bertz CT molecular complexity index is 417. The average Bonchev–Trinajstić information content (AvgIpc) is 3.02. The first-order chi connectivity index (χ1) is 9.38. The molecule has 104 valence electrons. The molecule has 1 heterocycles. The van der Waals surface area contributed by atoms with Crippen LogP contribution in [0.15, 0.2) is 18.2 Å².